The predicted octanol–water partition coefficient (Wildman–Crippen LogP) is 2.53. The van der Waals surface area contributed by atoms with Crippen LogP contribution in [0.2, 0.25) is 0 Å². The molecule has 1 rings (SSSR count). The van der Waals surface area contributed by atoms with Crippen molar-refractivity contribution in [2.45, 2.75) is 37.6 Å². The van der Waals surface area contributed by atoms with E-state index < -0.39 is 9.84 Å². The summed E-state index contributed by atoms with van der Waals surface area (Å²) >= 11 is 0. The lowest BCUT2D eigenvalue weighted by Crippen LogP contribution is -2.14. The smallest absolute Gasteiger partial charge is 0.175 e. The van der Waals surface area contributed by atoms with Gasteiger partial charge in [-0.15, -0.1) is 0 Å². The Balaban J connectivity index is 2.81. The molecule has 0 aliphatic rings. The molecular weight excluding hydrogens is 234 g/mol. The minimum atomic E-state index is -3.11. The van der Waals surface area contributed by atoms with Gasteiger partial charge < -0.3 is 5.73 Å². The number of sulfone groups is 1. The number of nitrogens with two attached hydrogens (primary N) is 1. The molecule has 17 heavy (non-hydrogen) atoms. The van der Waals surface area contributed by atoms with Gasteiger partial charge >= 0.3 is 0 Å². The van der Waals surface area contributed by atoms with Crippen molar-refractivity contribution in [3.8, 4) is 0 Å². The monoisotopic (exact) mass is 255 g/mol. The third kappa shape index (κ3) is 4.13. The first-order valence-electron chi connectivity index (χ1n) is 5.90. The van der Waals surface area contributed by atoms with Crippen LogP contribution in [0, 0.1) is 5.92 Å². The zero-order chi connectivity index (χ0) is 13.1. The first kappa shape index (κ1) is 14.2. The van der Waals surface area contributed by atoms with E-state index >= 15 is 0 Å². The van der Waals surface area contributed by atoms with Gasteiger partial charge in [0.05, 0.1) is 4.90 Å². The molecule has 2 unspecified atom stereocenters. The van der Waals surface area contributed by atoms with Crippen LogP contribution in [0.5, 0.6) is 0 Å². The maximum atomic E-state index is 11.3. The average molecular weight is 255 g/mol. The molecule has 0 aliphatic heterocycles. The summed E-state index contributed by atoms with van der Waals surface area (Å²) in [5, 5.41) is 0. The van der Waals surface area contributed by atoms with Crippen molar-refractivity contribution in [1.29, 1.82) is 0 Å². The van der Waals surface area contributed by atoms with E-state index in [2.05, 4.69) is 13.8 Å². The Bertz CT molecular complexity index is 451. The number of rotatable bonds is 5. The summed E-state index contributed by atoms with van der Waals surface area (Å²) in [5.41, 5.74) is 7.08. The highest BCUT2D eigenvalue weighted by Crippen LogP contribution is 2.22. The Morgan fingerprint density at radius 2 is 1.76 bits per heavy atom. The fraction of sp³-hybridized carbons (Fsp3) is 0.538. The van der Waals surface area contributed by atoms with Crippen LogP contribution in [0.25, 0.3) is 0 Å². The minimum absolute atomic E-state index is 0.0152. The van der Waals surface area contributed by atoms with Crippen molar-refractivity contribution >= 4 is 9.84 Å². The fourth-order valence-electron chi connectivity index (χ4n) is 1.70. The first-order valence-corrected chi connectivity index (χ1v) is 7.79. The molecule has 1 aromatic carbocycles. The van der Waals surface area contributed by atoms with Gasteiger partial charge in [0.2, 0.25) is 0 Å². The zero-order valence-corrected chi connectivity index (χ0v) is 11.5. The number of hydrogen-bond donors (Lipinski definition) is 1. The third-order valence-electron chi connectivity index (χ3n) is 3.09. The topological polar surface area (TPSA) is 60.2 Å². The van der Waals surface area contributed by atoms with Crippen molar-refractivity contribution < 1.29 is 8.42 Å². The Morgan fingerprint density at radius 3 is 2.18 bits per heavy atom. The Labute approximate surface area is 104 Å². The molecule has 2 N–H and O–H groups in total. The molecule has 0 heterocycles. The Kier molecular flexibility index (Phi) is 4.71. The van der Waals surface area contributed by atoms with Gasteiger partial charge in [-0.25, -0.2) is 8.42 Å². The third-order valence-corrected chi connectivity index (χ3v) is 4.22. The van der Waals surface area contributed by atoms with Crippen molar-refractivity contribution in [2.75, 3.05) is 6.26 Å². The van der Waals surface area contributed by atoms with Crippen LogP contribution < -0.4 is 5.73 Å². The summed E-state index contributed by atoms with van der Waals surface area (Å²) in [7, 11) is -3.11. The van der Waals surface area contributed by atoms with Crippen molar-refractivity contribution in [3.05, 3.63) is 29.8 Å². The predicted molar refractivity (Wildman–Crippen MR) is 70.6 cm³/mol. The molecular formula is C13H21NO2S. The highest BCUT2D eigenvalue weighted by Gasteiger charge is 2.11. The second-order valence-corrected chi connectivity index (χ2v) is 6.71. The molecule has 3 nitrogen and oxygen atoms in total. The fourth-order valence-corrected chi connectivity index (χ4v) is 2.33. The van der Waals surface area contributed by atoms with Crippen LogP contribution in [0.1, 0.15) is 38.3 Å². The van der Waals surface area contributed by atoms with E-state index in [-0.39, 0.29) is 6.04 Å². The van der Waals surface area contributed by atoms with E-state index in [1.165, 1.54) is 6.26 Å². The van der Waals surface area contributed by atoms with Crippen LogP contribution in [-0.2, 0) is 9.84 Å². The molecule has 4 heteroatoms. The van der Waals surface area contributed by atoms with E-state index in [9.17, 15) is 8.42 Å². The van der Waals surface area contributed by atoms with Gasteiger partial charge in [0.15, 0.2) is 9.84 Å². The highest BCUT2D eigenvalue weighted by molar-refractivity contribution is 7.90. The van der Waals surface area contributed by atoms with Crippen LogP contribution >= 0.6 is 0 Å². The van der Waals surface area contributed by atoms with Gasteiger partial charge in [-0.05, 0) is 30.0 Å². The molecule has 1 aromatic rings. The van der Waals surface area contributed by atoms with Gasteiger partial charge in [0.25, 0.3) is 0 Å². The summed E-state index contributed by atoms with van der Waals surface area (Å²) in [6.45, 7) is 4.31. The minimum Gasteiger partial charge on any atom is -0.324 e. The van der Waals surface area contributed by atoms with Gasteiger partial charge in [0.1, 0.15) is 0 Å². The molecule has 0 saturated heterocycles. The molecule has 0 bridgehead atoms. The van der Waals surface area contributed by atoms with Crippen LogP contribution in [0.4, 0.5) is 0 Å². The summed E-state index contributed by atoms with van der Waals surface area (Å²) in [6, 6.07) is 6.85. The molecule has 0 fully saturated rings. The molecule has 96 valence electrons. The summed E-state index contributed by atoms with van der Waals surface area (Å²) in [5.74, 6) is 0.583. The van der Waals surface area contributed by atoms with Gasteiger partial charge in [-0.3, -0.25) is 0 Å². The van der Waals surface area contributed by atoms with E-state index in [0.29, 0.717) is 10.8 Å². The van der Waals surface area contributed by atoms with Crippen molar-refractivity contribution in [3.63, 3.8) is 0 Å². The van der Waals surface area contributed by atoms with Crippen molar-refractivity contribution in [2.24, 2.45) is 11.7 Å². The summed E-state index contributed by atoms with van der Waals surface area (Å²) in [4.78, 5) is 0.344. The van der Waals surface area contributed by atoms with Crippen LogP contribution in [0.15, 0.2) is 29.2 Å². The largest absolute Gasteiger partial charge is 0.324 e. The maximum absolute atomic E-state index is 11.3. The van der Waals surface area contributed by atoms with Gasteiger partial charge in [0, 0.05) is 12.3 Å². The van der Waals surface area contributed by atoms with E-state index in [1.807, 2.05) is 12.1 Å². The first-order chi connectivity index (χ1) is 7.84. The quantitative estimate of drug-likeness (QED) is 0.879. The van der Waals surface area contributed by atoms with E-state index in [4.69, 9.17) is 5.73 Å². The second kappa shape index (κ2) is 5.65. The van der Waals surface area contributed by atoms with Crippen molar-refractivity contribution in [1.82, 2.24) is 0 Å². The zero-order valence-electron chi connectivity index (χ0n) is 10.7. The summed E-state index contributed by atoms with van der Waals surface area (Å²) < 4.78 is 22.6. The van der Waals surface area contributed by atoms with Gasteiger partial charge in [-0.1, -0.05) is 32.4 Å². The molecule has 0 spiro atoms. The van der Waals surface area contributed by atoms with Crippen LogP contribution in [0.3, 0.4) is 0 Å². The molecule has 2 atom stereocenters. The normalized spacial score (nSPS) is 15.5. The molecule has 0 saturated carbocycles. The number of hydrogen-bond acceptors (Lipinski definition) is 3. The molecule has 0 radical (unpaired) electrons. The second-order valence-electron chi connectivity index (χ2n) is 4.70. The molecule has 0 aromatic heterocycles. The lowest BCUT2D eigenvalue weighted by molar-refractivity contribution is 0.461. The lowest BCUT2D eigenvalue weighted by atomic mass is 9.95. The standard InChI is InChI=1S/C13H21NO2S/c1-4-10(2)9-13(14)11-5-7-12(8-6-11)17(3,15)16/h5-8,10,13H,4,9,14H2,1-3H3. The summed E-state index contributed by atoms with van der Waals surface area (Å²) in [6.07, 6.45) is 3.24. The number of benzene rings is 1. The van der Waals surface area contributed by atoms with E-state index in [1.54, 1.807) is 12.1 Å². The average Bonchev–Trinajstić information content (AvgIpc) is 2.27. The Hall–Kier alpha value is -0.870. The SMILES string of the molecule is CCC(C)CC(N)c1ccc(S(C)(=O)=O)cc1. The molecule has 0 aliphatic carbocycles. The van der Waals surface area contributed by atoms with E-state index in [0.717, 1.165) is 18.4 Å². The Morgan fingerprint density at radius 1 is 1.24 bits per heavy atom. The highest BCUT2D eigenvalue weighted by atomic mass is 32.2. The van der Waals surface area contributed by atoms with Gasteiger partial charge in [-0.2, -0.15) is 0 Å². The van der Waals surface area contributed by atoms with Crippen LogP contribution in [-0.4, -0.2) is 14.7 Å². The lowest BCUT2D eigenvalue weighted by Gasteiger charge is -2.16. The molecule has 0 amide bonds. The maximum Gasteiger partial charge on any atom is 0.175 e.